The standard InChI is InChI=1S/C6H6N6/c7-3-1-9-4-5(8)10-2-11-6(4)12-3/h1-2H,(H4,7,8,10,11,12). The maximum absolute atomic E-state index is 5.51. The first-order chi connectivity index (χ1) is 5.77. The van der Waals surface area contributed by atoms with Crippen molar-refractivity contribution in [1.29, 1.82) is 0 Å². The second-order valence-corrected chi connectivity index (χ2v) is 2.23. The fourth-order valence-electron chi connectivity index (χ4n) is 0.870. The highest BCUT2D eigenvalue weighted by atomic mass is 15.0. The van der Waals surface area contributed by atoms with Crippen LogP contribution in [0.15, 0.2) is 12.5 Å². The van der Waals surface area contributed by atoms with E-state index in [0.29, 0.717) is 22.8 Å². The molecular weight excluding hydrogens is 156 g/mol. The third-order valence-corrected chi connectivity index (χ3v) is 1.39. The molecule has 6 nitrogen and oxygen atoms in total. The molecule has 2 aromatic rings. The minimum atomic E-state index is 0.313. The van der Waals surface area contributed by atoms with E-state index in [1.54, 1.807) is 0 Å². The van der Waals surface area contributed by atoms with Crippen LogP contribution in [0, 0.1) is 0 Å². The molecule has 4 N–H and O–H groups in total. The average Bonchev–Trinajstić information content (AvgIpc) is 2.04. The average molecular weight is 162 g/mol. The van der Waals surface area contributed by atoms with Crippen molar-refractivity contribution in [3.05, 3.63) is 12.5 Å². The number of fused-ring (bicyclic) bond motifs is 1. The van der Waals surface area contributed by atoms with Gasteiger partial charge in [0.1, 0.15) is 17.7 Å². The van der Waals surface area contributed by atoms with Crippen LogP contribution >= 0.6 is 0 Å². The van der Waals surface area contributed by atoms with Gasteiger partial charge >= 0.3 is 0 Å². The Balaban J connectivity index is 2.86. The van der Waals surface area contributed by atoms with Gasteiger partial charge in [0, 0.05) is 0 Å². The van der Waals surface area contributed by atoms with Gasteiger partial charge in [0.2, 0.25) is 0 Å². The van der Waals surface area contributed by atoms with Gasteiger partial charge in [0.25, 0.3) is 0 Å². The van der Waals surface area contributed by atoms with Crippen LogP contribution in [0.3, 0.4) is 0 Å². The first-order valence-electron chi connectivity index (χ1n) is 3.26. The van der Waals surface area contributed by atoms with Gasteiger partial charge in [0.15, 0.2) is 11.5 Å². The number of nitrogen functional groups attached to an aromatic ring is 2. The van der Waals surface area contributed by atoms with Gasteiger partial charge in [-0.25, -0.2) is 19.9 Å². The molecule has 0 atom stereocenters. The van der Waals surface area contributed by atoms with E-state index in [1.165, 1.54) is 12.5 Å². The zero-order valence-electron chi connectivity index (χ0n) is 6.10. The first-order valence-corrected chi connectivity index (χ1v) is 3.26. The normalized spacial score (nSPS) is 10.3. The molecule has 2 rings (SSSR count). The lowest BCUT2D eigenvalue weighted by atomic mass is 10.5. The topological polar surface area (TPSA) is 104 Å². The Hall–Kier alpha value is -1.98. The number of hydrogen-bond acceptors (Lipinski definition) is 6. The molecule has 0 bridgehead atoms. The van der Waals surface area contributed by atoms with E-state index in [1.807, 2.05) is 0 Å². The molecule has 0 radical (unpaired) electrons. The molecular formula is C6H6N6. The van der Waals surface area contributed by atoms with Crippen molar-refractivity contribution >= 4 is 22.8 Å². The summed E-state index contributed by atoms with van der Waals surface area (Å²) in [6.07, 6.45) is 2.74. The molecule has 6 heteroatoms. The molecule has 12 heavy (non-hydrogen) atoms. The van der Waals surface area contributed by atoms with Gasteiger partial charge in [0.05, 0.1) is 6.20 Å². The number of hydrogen-bond donors (Lipinski definition) is 2. The molecule has 0 spiro atoms. The van der Waals surface area contributed by atoms with Crippen molar-refractivity contribution in [3.8, 4) is 0 Å². The molecule has 2 heterocycles. The molecule has 0 unspecified atom stereocenters. The van der Waals surface area contributed by atoms with Crippen LogP contribution in [-0.4, -0.2) is 19.9 Å². The van der Waals surface area contributed by atoms with E-state index in [2.05, 4.69) is 19.9 Å². The summed E-state index contributed by atoms with van der Waals surface area (Å²) < 4.78 is 0. The molecule has 0 saturated carbocycles. The van der Waals surface area contributed by atoms with Gasteiger partial charge in [-0.3, -0.25) is 0 Å². The Morgan fingerprint density at radius 1 is 1.08 bits per heavy atom. The predicted molar refractivity (Wildman–Crippen MR) is 44.0 cm³/mol. The van der Waals surface area contributed by atoms with E-state index in [-0.39, 0.29) is 0 Å². The Bertz CT molecular complexity index is 425. The van der Waals surface area contributed by atoms with Crippen LogP contribution < -0.4 is 11.5 Å². The van der Waals surface area contributed by atoms with Crippen molar-refractivity contribution in [2.75, 3.05) is 11.5 Å². The molecule has 0 aromatic carbocycles. The molecule has 0 amide bonds. The van der Waals surface area contributed by atoms with Crippen LogP contribution in [-0.2, 0) is 0 Å². The molecule has 0 fully saturated rings. The Kier molecular flexibility index (Phi) is 1.26. The fraction of sp³-hybridized carbons (Fsp3) is 0. The Morgan fingerprint density at radius 2 is 1.92 bits per heavy atom. The van der Waals surface area contributed by atoms with Crippen LogP contribution in [0.1, 0.15) is 0 Å². The van der Waals surface area contributed by atoms with Crippen molar-refractivity contribution < 1.29 is 0 Å². The quantitative estimate of drug-likeness (QED) is 0.545. The van der Waals surface area contributed by atoms with E-state index >= 15 is 0 Å². The van der Waals surface area contributed by atoms with Crippen molar-refractivity contribution in [3.63, 3.8) is 0 Å². The summed E-state index contributed by atoms with van der Waals surface area (Å²) in [5.41, 5.74) is 11.8. The van der Waals surface area contributed by atoms with Crippen LogP contribution in [0.2, 0.25) is 0 Å². The number of nitrogens with zero attached hydrogens (tertiary/aromatic N) is 4. The Morgan fingerprint density at radius 3 is 2.75 bits per heavy atom. The summed E-state index contributed by atoms with van der Waals surface area (Å²) >= 11 is 0. The van der Waals surface area contributed by atoms with Crippen LogP contribution in [0.5, 0.6) is 0 Å². The largest absolute Gasteiger partial charge is 0.382 e. The van der Waals surface area contributed by atoms with Crippen molar-refractivity contribution in [2.45, 2.75) is 0 Å². The molecule has 0 aliphatic rings. The number of aromatic nitrogens is 4. The van der Waals surface area contributed by atoms with Gasteiger partial charge in [-0.2, -0.15) is 0 Å². The SMILES string of the molecule is Nc1cnc2c(N)ncnc2n1. The predicted octanol–water partition coefficient (Wildman–Crippen LogP) is -0.416. The highest BCUT2D eigenvalue weighted by molar-refractivity contribution is 5.80. The summed E-state index contributed by atoms with van der Waals surface area (Å²) in [6.45, 7) is 0. The van der Waals surface area contributed by atoms with Gasteiger partial charge in [-0.05, 0) is 0 Å². The zero-order valence-corrected chi connectivity index (χ0v) is 6.10. The second-order valence-electron chi connectivity index (χ2n) is 2.23. The number of anilines is 2. The van der Waals surface area contributed by atoms with Crippen molar-refractivity contribution in [1.82, 2.24) is 19.9 Å². The Labute approximate surface area is 67.7 Å². The van der Waals surface area contributed by atoms with Crippen LogP contribution in [0.25, 0.3) is 11.2 Å². The highest BCUT2D eigenvalue weighted by Gasteiger charge is 2.01. The lowest BCUT2D eigenvalue weighted by Gasteiger charge is -1.97. The molecule has 60 valence electrons. The molecule has 2 aromatic heterocycles. The van der Waals surface area contributed by atoms with Crippen LogP contribution in [0.4, 0.5) is 11.6 Å². The van der Waals surface area contributed by atoms with Gasteiger partial charge in [-0.1, -0.05) is 0 Å². The van der Waals surface area contributed by atoms with Crippen molar-refractivity contribution in [2.24, 2.45) is 0 Å². The zero-order chi connectivity index (χ0) is 8.55. The molecule has 0 saturated heterocycles. The van der Waals surface area contributed by atoms with E-state index in [9.17, 15) is 0 Å². The van der Waals surface area contributed by atoms with E-state index in [4.69, 9.17) is 11.5 Å². The molecule has 0 aliphatic carbocycles. The van der Waals surface area contributed by atoms with Gasteiger partial charge < -0.3 is 11.5 Å². The highest BCUT2D eigenvalue weighted by Crippen LogP contribution is 2.11. The summed E-state index contributed by atoms with van der Waals surface area (Å²) in [5, 5.41) is 0. The number of rotatable bonds is 0. The summed E-state index contributed by atoms with van der Waals surface area (Å²) in [5.74, 6) is 0.633. The van der Waals surface area contributed by atoms with E-state index < -0.39 is 0 Å². The lowest BCUT2D eigenvalue weighted by molar-refractivity contribution is 1.16. The summed E-state index contributed by atoms with van der Waals surface area (Å²) in [6, 6.07) is 0. The third kappa shape index (κ3) is 0.895. The smallest absolute Gasteiger partial charge is 0.185 e. The molecule has 0 aliphatic heterocycles. The van der Waals surface area contributed by atoms with Gasteiger partial charge in [-0.15, -0.1) is 0 Å². The number of nitrogens with two attached hydrogens (primary N) is 2. The summed E-state index contributed by atoms with van der Waals surface area (Å²) in [4.78, 5) is 15.5. The monoisotopic (exact) mass is 162 g/mol. The third-order valence-electron chi connectivity index (χ3n) is 1.39. The maximum atomic E-state index is 5.51. The second kappa shape index (κ2) is 2.26. The lowest BCUT2D eigenvalue weighted by Crippen LogP contribution is -1.99. The fourth-order valence-corrected chi connectivity index (χ4v) is 0.870. The summed E-state index contributed by atoms with van der Waals surface area (Å²) in [7, 11) is 0. The minimum Gasteiger partial charge on any atom is -0.382 e. The minimum absolute atomic E-state index is 0.313. The maximum Gasteiger partial charge on any atom is 0.185 e. The first kappa shape index (κ1) is 6.71. The van der Waals surface area contributed by atoms with E-state index in [0.717, 1.165) is 0 Å².